The van der Waals surface area contributed by atoms with Crippen LogP contribution in [0.15, 0.2) is 24.3 Å². The number of carboxylic acids is 1. The standard InChI is InChI=1S/C13H19NO3/c1-3-13(2,9-15)14-8-10-4-6-11(7-5-10)12(16)17/h4-7,14-15H,3,8-9H2,1-2H3,(H,16,17). The smallest absolute Gasteiger partial charge is 0.335 e. The Morgan fingerprint density at radius 3 is 2.35 bits per heavy atom. The molecule has 1 unspecified atom stereocenters. The summed E-state index contributed by atoms with van der Waals surface area (Å²) in [5, 5.41) is 21.3. The van der Waals surface area contributed by atoms with Crippen LogP contribution in [0.2, 0.25) is 0 Å². The number of carboxylic acid groups (broad SMARTS) is 1. The minimum absolute atomic E-state index is 0.0801. The van der Waals surface area contributed by atoms with Crippen molar-refractivity contribution in [1.82, 2.24) is 5.32 Å². The number of hydrogen-bond donors (Lipinski definition) is 3. The van der Waals surface area contributed by atoms with Gasteiger partial charge in [-0.15, -0.1) is 0 Å². The number of hydrogen-bond acceptors (Lipinski definition) is 3. The number of aromatic carboxylic acids is 1. The Hall–Kier alpha value is -1.39. The molecule has 17 heavy (non-hydrogen) atoms. The molecule has 3 N–H and O–H groups in total. The van der Waals surface area contributed by atoms with E-state index in [1.165, 1.54) is 0 Å². The Kier molecular flexibility index (Phi) is 4.66. The largest absolute Gasteiger partial charge is 0.478 e. The van der Waals surface area contributed by atoms with Crippen LogP contribution in [0.3, 0.4) is 0 Å². The molecule has 4 nitrogen and oxygen atoms in total. The predicted molar refractivity (Wildman–Crippen MR) is 66.0 cm³/mol. The first-order chi connectivity index (χ1) is 8.00. The van der Waals surface area contributed by atoms with Crippen LogP contribution in [0.4, 0.5) is 0 Å². The molecule has 0 heterocycles. The molecule has 4 heteroatoms. The highest BCUT2D eigenvalue weighted by Gasteiger charge is 2.19. The van der Waals surface area contributed by atoms with Crippen LogP contribution in [0.1, 0.15) is 36.2 Å². The lowest BCUT2D eigenvalue weighted by atomic mass is 10.00. The van der Waals surface area contributed by atoms with Crippen LogP contribution in [0.25, 0.3) is 0 Å². The van der Waals surface area contributed by atoms with E-state index in [1.807, 2.05) is 13.8 Å². The molecule has 0 radical (unpaired) electrons. The second-order valence-electron chi connectivity index (χ2n) is 4.43. The average molecular weight is 237 g/mol. The van der Waals surface area contributed by atoms with Gasteiger partial charge in [0.1, 0.15) is 0 Å². The molecule has 1 aromatic rings. The van der Waals surface area contributed by atoms with Gasteiger partial charge in [0.25, 0.3) is 0 Å². The van der Waals surface area contributed by atoms with E-state index in [9.17, 15) is 9.90 Å². The molecule has 94 valence electrons. The number of aliphatic hydroxyl groups excluding tert-OH is 1. The summed E-state index contributed by atoms with van der Waals surface area (Å²) < 4.78 is 0. The first-order valence-corrected chi connectivity index (χ1v) is 5.69. The number of carbonyl (C=O) groups is 1. The SMILES string of the molecule is CCC(C)(CO)NCc1ccc(C(=O)O)cc1. The molecular weight excluding hydrogens is 218 g/mol. The van der Waals surface area contributed by atoms with Gasteiger partial charge >= 0.3 is 5.97 Å². The van der Waals surface area contributed by atoms with Crippen molar-refractivity contribution in [2.75, 3.05) is 6.61 Å². The molecule has 0 bridgehead atoms. The highest BCUT2D eigenvalue weighted by atomic mass is 16.4. The first-order valence-electron chi connectivity index (χ1n) is 5.69. The normalized spacial score (nSPS) is 14.3. The summed E-state index contributed by atoms with van der Waals surface area (Å²) in [6.07, 6.45) is 0.830. The van der Waals surface area contributed by atoms with Crippen LogP contribution >= 0.6 is 0 Å². The van der Waals surface area contributed by atoms with E-state index in [-0.39, 0.29) is 17.7 Å². The van der Waals surface area contributed by atoms with Crippen LogP contribution in [-0.2, 0) is 6.54 Å². The second-order valence-corrected chi connectivity index (χ2v) is 4.43. The quantitative estimate of drug-likeness (QED) is 0.703. The third-order valence-corrected chi connectivity index (χ3v) is 3.05. The average Bonchev–Trinajstić information content (AvgIpc) is 2.36. The molecule has 1 aromatic carbocycles. The van der Waals surface area contributed by atoms with Crippen molar-refractivity contribution in [1.29, 1.82) is 0 Å². The fraction of sp³-hybridized carbons (Fsp3) is 0.462. The van der Waals surface area contributed by atoms with Crippen molar-refractivity contribution in [2.24, 2.45) is 0 Å². The number of rotatable bonds is 6. The summed E-state index contributed by atoms with van der Waals surface area (Å²) >= 11 is 0. The fourth-order valence-electron chi connectivity index (χ4n) is 1.37. The summed E-state index contributed by atoms with van der Waals surface area (Å²) in [6, 6.07) is 6.73. The van der Waals surface area contributed by atoms with Gasteiger partial charge in [-0.1, -0.05) is 19.1 Å². The highest BCUT2D eigenvalue weighted by molar-refractivity contribution is 5.87. The third kappa shape index (κ3) is 3.84. The number of aliphatic hydroxyl groups is 1. The van der Waals surface area contributed by atoms with Crippen LogP contribution < -0.4 is 5.32 Å². The molecule has 1 atom stereocenters. The van der Waals surface area contributed by atoms with Gasteiger partial charge in [-0.3, -0.25) is 0 Å². The van der Waals surface area contributed by atoms with E-state index in [4.69, 9.17) is 5.11 Å². The molecule has 0 fully saturated rings. The summed E-state index contributed by atoms with van der Waals surface area (Å²) in [6.45, 7) is 4.66. The zero-order chi connectivity index (χ0) is 12.9. The Bertz CT molecular complexity index is 369. The lowest BCUT2D eigenvalue weighted by molar-refractivity contribution is 0.0697. The molecular formula is C13H19NO3. The van der Waals surface area contributed by atoms with Crippen molar-refractivity contribution in [3.8, 4) is 0 Å². The summed E-state index contributed by atoms with van der Waals surface area (Å²) in [7, 11) is 0. The van der Waals surface area contributed by atoms with Crippen molar-refractivity contribution >= 4 is 5.97 Å². The highest BCUT2D eigenvalue weighted by Crippen LogP contribution is 2.10. The zero-order valence-electron chi connectivity index (χ0n) is 10.2. The summed E-state index contributed by atoms with van der Waals surface area (Å²) in [5.74, 6) is -0.918. The minimum atomic E-state index is -0.918. The van der Waals surface area contributed by atoms with Crippen molar-refractivity contribution in [3.05, 3.63) is 35.4 Å². The second kappa shape index (κ2) is 5.80. The van der Waals surface area contributed by atoms with Gasteiger partial charge in [-0.25, -0.2) is 4.79 Å². The van der Waals surface area contributed by atoms with Crippen LogP contribution in [0.5, 0.6) is 0 Å². The molecule has 0 aliphatic rings. The molecule has 1 rings (SSSR count). The van der Waals surface area contributed by atoms with E-state index in [0.29, 0.717) is 6.54 Å². The van der Waals surface area contributed by atoms with E-state index in [0.717, 1.165) is 12.0 Å². The molecule has 0 aliphatic heterocycles. The third-order valence-electron chi connectivity index (χ3n) is 3.05. The predicted octanol–water partition coefficient (Wildman–Crippen LogP) is 1.64. The summed E-state index contributed by atoms with van der Waals surface area (Å²) in [5.41, 5.74) is 1.00. The maximum atomic E-state index is 10.7. The molecule has 0 spiro atoms. The van der Waals surface area contributed by atoms with Crippen molar-refractivity contribution in [2.45, 2.75) is 32.4 Å². The lowest BCUT2D eigenvalue weighted by Crippen LogP contribution is -2.44. The molecule has 0 saturated heterocycles. The molecule has 0 amide bonds. The topological polar surface area (TPSA) is 69.6 Å². The van der Waals surface area contributed by atoms with Crippen molar-refractivity contribution in [3.63, 3.8) is 0 Å². The monoisotopic (exact) mass is 237 g/mol. The minimum Gasteiger partial charge on any atom is -0.478 e. The molecule has 0 aliphatic carbocycles. The number of benzene rings is 1. The maximum Gasteiger partial charge on any atom is 0.335 e. The Morgan fingerprint density at radius 2 is 1.94 bits per heavy atom. The van der Waals surface area contributed by atoms with Crippen LogP contribution in [0, 0.1) is 0 Å². The van der Waals surface area contributed by atoms with Gasteiger partial charge in [-0.2, -0.15) is 0 Å². The Morgan fingerprint density at radius 1 is 1.35 bits per heavy atom. The Balaban J connectivity index is 2.61. The van der Waals surface area contributed by atoms with E-state index in [2.05, 4.69) is 5.32 Å². The van der Waals surface area contributed by atoms with Gasteiger partial charge in [0, 0.05) is 12.1 Å². The van der Waals surface area contributed by atoms with Gasteiger partial charge in [0.05, 0.1) is 12.2 Å². The van der Waals surface area contributed by atoms with Crippen LogP contribution in [-0.4, -0.2) is 28.3 Å². The zero-order valence-corrected chi connectivity index (χ0v) is 10.2. The van der Waals surface area contributed by atoms with E-state index < -0.39 is 5.97 Å². The van der Waals surface area contributed by atoms with E-state index >= 15 is 0 Å². The molecule has 0 saturated carbocycles. The fourth-order valence-corrected chi connectivity index (χ4v) is 1.37. The van der Waals surface area contributed by atoms with Crippen molar-refractivity contribution < 1.29 is 15.0 Å². The first kappa shape index (κ1) is 13.7. The van der Waals surface area contributed by atoms with Gasteiger partial charge < -0.3 is 15.5 Å². The van der Waals surface area contributed by atoms with Gasteiger partial charge in [0.15, 0.2) is 0 Å². The molecule has 0 aromatic heterocycles. The van der Waals surface area contributed by atoms with E-state index in [1.54, 1.807) is 24.3 Å². The van der Waals surface area contributed by atoms with Gasteiger partial charge in [-0.05, 0) is 31.0 Å². The maximum absolute atomic E-state index is 10.7. The lowest BCUT2D eigenvalue weighted by Gasteiger charge is -2.27. The number of nitrogens with one attached hydrogen (secondary N) is 1. The summed E-state index contributed by atoms with van der Waals surface area (Å²) in [4.78, 5) is 10.7. The Labute approximate surface area is 101 Å². The van der Waals surface area contributed by atoms with Gasteiger partial charge in [0.2, 0.25) is 0 Å².